The second kappa shape index (κ2) is 10.7. The summed E-state index contributed by atoms with van der Waals surface area (Å²) in [5.74, 6) is -0.529. The lowest BCUT2D eigenvalue weighted by molar-refractivity contribution is 0.0929. The van der Waals surface area contributed by atoms with Gasteiger partial charge < -0.3 is 25.8 Å². The smallest absolute Gasteiger partial charge is 0.251 e. The summed E-state index contributed by atoms with van der Waals surface area (Å²) in [7, 11) is -2.56. The minimum Gasteiger partial charge on any atom is -0.349 e. The maximum atomic E-state index is 14.8. The van der Waals surface area contributed by atoms with Crippen molar-refractivity contribution < 1.29 is 13.8 Å². The minimum absolute atomic E-state index is 0.0810. The van der Waals surface area contributed by atoms with E-state index in [9.17, 15) is 13.8 Å². The van der Waals surface area contributed by atoms with Crippen LogP contribution in [0.15, 0.2) is 48.7 Å². The van der Waals surface area contributed by atoms with Crippen LogP contribution in [0.4, 0.5) is 27.5 Å². The molecule has 3 aromatic rings. The molecule has 184 valence electrons. The lowest BCUT2D eigenvalue weighted by Gasteiger charge is -2.23. The highest BCUT2D eigenvalue weighted by Crippen LogP contribution is 2.38. The van der Waals surface area contributed by atoms with Crippen LogP contribution in [0.5, 0.6) is 0 Å². The van der Waals surface area contributed by atoms with Crippen molar-refractivity contribution in [3.05, 3.63) is 65.1 Å². The number of anilines is 4. The van der Waals surface area contributed by atoms with E-state index in [-0.39, 0.29) is 40.0 Å². The van der Waals surface area contributed by atoms with Gasteiger partial charge in [-0.1, -0.05) is 23.7 Å². The fourth-order valence-electron chi connectivity index (χ4n) is 3.80. The molecule has 2 aromatic carbocycles. The van der Waals surface area contributed by atoms with Gasteiger partial charge in [0.15, 0.2) is 5.82 Å². The lowest BCUT2D eigenvalue weighted by Crippen LogP contribution is -2.42. The third-order valence-corrected chi connectivity index (χ3v) is 7.46. The van der Waals surface area contributed by atoms with E-state index in [1.807, 2.05) is 12.1 Å². The molecular weight excluding hydrogens is 490 g/mol. The standard InChI is InChI=1S/C24H27ClFN6O2P/c1-35(2,34)21-6-4-3-5-20(21)30-22-17(25)14-28-24(32-22)31-19-8-7-15(13-18(19)26)23(33)29-16-9-11-27-12-10-16/h3-8,13-14,16,27H,9-12H2,1-2H3,(H,29,33)(H2,28,30,31,32). The molecule has 1 aromatic heterocycles. The summed E-state index contributed by atoms with van der Waals surface area (Å²) in [4.78, 5) is 21.0. The zero-order chi connectivity index (χ0) is 25.0. The highest BCUT2D eigenvalue weighted by atomic mass is 35.5. The Balaban J connectivity index is 1.50. The Kier molecular flexibility index (Phi) is 7.69. The van der Waals surface area contributed by atoms with E-state index in [0.29, 0.717) is 11.0 Å². The van der Waals surface area contributed by atoms with E-state index in [1.54, 1.807) is 31.5 Å². The van der Waals surface area contributed by atoms with Gasteiger partial charge in [0.1, 0.15) is 18.0 Å². The number of carbonyl (C=O) groups excluding carboxylic acids is 1. The van der Waals surface area contributed by atoms with Gasteiger partial charge in [0.25, 0.3) is 5.91 Å². The molecule has 35 heavy (non-hydrogen) atoms. The van der Waals surface area contributed by atoms with E-state index in [2.05, 4.69) is 31.2 Å². The van der Waals surface area contributed by atoms with Gasteiger partial charge in [-0.15, -0.1) is 0 Å². The van der Waals surface area contributed by atoms with Crippen LogP contribution in [0.2, 0.25) is 5.02 Å². The second-order valence-corrected chi connectivity index (χ2v) is 12.3. The van der Waals surface area contributed by atoms with Crippen LogP contribution in [0.25, 0.3) is 0 Å². The van der Waals surface area contributed by atoms with Crippen molar-refractivity contribution in [1.82, 2.24) is 20.6 Å². The summed E-state index contributed by atoms with van der Waals surface area (Å²) in [5, 5.41) is 13.0. The highest BCUT2D eigenvalue weighted by Gasteiger charge is 2.19. The molecule has 1 aliphatic rings. The number of hydrogen-bond donors (Lipinski definition) is 4. The van der Waals surface area contributed by atoms with Crippen LogP contribution in [-0.2, 0) is 4.57 Å². The monoisotopic (exact) mass is 516 g/mol. The van der Waals surface area contributed by atoms with E-state index in [0.717, 1.165) is 25.9 Å². The van der Waals surface area contributed by atoms with E-state index in [4.69, 9.17) is 11.6 Å². The molecule has 1 saturated heterocycles. The quantitative estimate of drug-likeness (QED) is 0.343. The molecule has 0 radical (unpaired) electrons. The van der Waals surface area contributed by atoms with E-state index in [1.165, 1.54) is 18.3 Å². The zero-order valence-corrected chi connectivity index (χ0v) is 21.1. The summed E-state index contributed by atoms with van der Waals surface area (Å²) >= 11 is 6.28. The average molecular weight is 517 g/mol. The first-order valence-corrected chi connectivity index (χ1v) is 14.2. The maximum Gasteiger partial charge on any atom is 0.251 e. The third-order valence-electron chi connectivity index (χ3n) is 5.63. The molecule has 0 saturated carbocycles. The number of para-hydroxylation sites is 1. The number of aromatic nitrogens is 2. The number of rotatable bonds is 7. The summed E-state index contributed by atoms with van der Waals surface area (Å²) in [6, 6.07) is 11.5. The molecule has 4 rings (SSSR count). The van der Waals surface area contributed by atoms with Gasteiger partial charge in [-0.05, 0) is 69.6 Å². The third kappa shape index (κ3) is 6.36. The van der Waals surface area contributed by atoms with Gasteiger partial charge in [0.2, 0.25) is 5.95 Å². The number of amides is 1. The van der Waals surface area contributed by atoms with Crippen molar-refractivity contribution in [1.29, 1.82) is 0 Å². The molecule has 0 aliphatic carbocycles. The molecule has 4 N–H and O–H groups in total. The molecule has 1 aliphatic heterocycles. The largest absolute Gasteiger partial charge is 0.349 e. The number of nitrogens with one attached hydrogen (secondary N) is 4. The Morgan fingerprint density at radius 1 is 1.11 bits per heavy atom. The first-order chi connectivity index (χ1) is 16.7. The van der Waals surface area contributed by atoms with Gasteiger partial charge in [-0.25, -0.2) is 9.37 Å². The predicted molar refractivity (Wildman–Crippen MR) is 139 cm³/mol. The normalized spacial score (nSPS) is 14.4. The van der Waals surface area contributed by atoms with Crippen molar-refractivity contribution in [3.63, 3.8) is 0 Å². The molecular formula is C24H27ClFN6O2P. The van der Waals surface area contributed by atoms with Crippen LogP contribution < -0.4 is 26.6 Å². The first kappa shape index (κ1) is 25.1. The Hall–Kier alpha value is -3.00. The van der Waals surface area contributed by atoms with Crippen LogP contribution in [0.1, 0.15) is 23.2 Å². The maximum absolute atomic E-state index is 14.8. The van der Waals surface area contributed by atoms with Crippen molar-refractivity contribution in [2.45, 2.75) is 18.9 Å². The molecule has 11 heteroatoms. The number of benzene rings is 2. The molecule has 0 atom stereocenters. The highest BCUT2D eigenvalue weighted by molar-refractivity contribution is 7.70. The SMILES string of the molecule is CP(C)(=O)c1ccccc1Nc1nc(Nc2ccc(C(=O)NC3CCNCC3)cc2F)ncc1Cl. The summed E-state index contributed by atoms with van der Waals surface area (Å²) < 4.78 is 27.5. The van der Waals surface area contributed by atoms with Gasteiger partial charge >= 0.3 is 0 Å². The number of halogens is 2. The molecule has 1 amide bonds. The first-order valence-electron chi connectivity index (χ1n) is 11.2. The average Bonchev–Trinajstić information content (AvgIpc) is 2.83. The second-order valence-electron chi connectivity index (χ2n) is 8.70. The molecule has 2 heterocycles. The zero-order valence-electron chi connectivity index (χ0n) is 19.4. The fraction of sp³-hybridized carbons (Fsp3) is 0.292. The molecule has 0 bridgehead atoms. The minimum atomic E-state index is -2.56. The van der Waals surface area contributed by atoms with Crippen LogP contribution in [0.3, 0.4) is 0 Å². The molecule has 1 fully saturated rings. The lowest BCUT2D eigenvalue weighted by atomic mass is 10.1. The Labute approximate surface area is 208 Å². The van der Waals surface area contributed by atoms with Crippen LogP contribution in [-0.4, -0.2) is 48.3 Å². The van der Waals surface area contributed by atoms with Gasteiger partial charge in [-0.2, -0.15) is 4.98 Å². The summed E-state index contributed by atoms with van der Waals surface area (Å²) in [6.07, 6.45) is 3.07. The van der Waals surface area contributed by atoms with Crippen molar-refractivity contribution in [3.8, 4) is 0 Å². The number of piperidine rings is 1. The Bertz CT molecular complexity index is 1280. The van der Waals surface area contributed by atoms with Crippen LogP contribution >= 0.6 is 18.7 Å². The van der Waals surface area contributed by atoms with Gasteiger partial charge in [0, 0.05) is 16.9 Å². The van der Waals surface area contributed by atoms with E-state index >= 15 is 0 Å². The number of nitrogens with zero attached hydrogens (tertiary/aromatic N) is 2. The van der Waals surface area contributed by atoms with Gasteiger partial charge in [-0.3, -0.25) is 4.79 Å². The number of carbonyl (C=O) groups is 1. The van der Waals surface area contributed by atoms with Crippen LogP contribution in [0, 0.1) is 5.82 Å². The Morgan fingerprint density at radius 3 is 2.57 bits per heavy atom. The van der Waals surface area contributed by atoms with E-state index < -0.39 is 13.0 Å². The Morgan fingerprint density at radius 2 is 1.86 bits per heavy atom. The topological polar surface area (TPSA) is 108 Å². The predicted octanol–water partition coefficient (Wildman–Crippen LogP) is 4.49. The fourth-order valence-corrected chi connectivity index (χ4v) is 5.10. The number of hydrogen-bond acceptors (Lipinski definition) is 7. The van der Waals surface area contributed by atoms with Crippen molar-refractivity contribution in [2.24, 2.45) is 0 Å². The summed E-state index contributed by atoms with van der Waals surface area (Å²) in [5.41, 5.74) is 0.970. The molecule has 0 unspecified atom stereocenters. The molecule has 0 spiro atoms. The summed E-state index contributed by atoms with van der Waals surface area (Å²) in [6.45, 7) is 5.06. The molecule has 8 nitrogen and oxygen atoms in total. The van der Waals surface area contributed by atoms with Crippen molar-refractivity contribution in [2.75, 3.05) is 37.1 Å². The van der Waals surface area contributed by atoms with Crippen molar-refractivity contribution >= 4 is 53.1 Å². The van der Waals surface area contributed by atoms with Gasteiger partial charge in [0.05, 0.1) is 17.6 Å².